The maximum Gasteiger partial charge on any atom is 0.0912 e. The number of nitriles is 1. The first kappa shape index (κ1) is 5.97. The predicted molar refractivity (Wildman–Crippen MR) is 29.6 cm³/mol. The molecule has 0 aromatic carbocycles. The van der Waals surface area contributed by atoms with E-state index in [-0.39, 0.29) is 0 Å². The van der Waals surface area contributed by atoms with Crippen LogP contribution in [0.2, 0.25) is 0 Å². The summed E-state index contributed by atoms with van der Waals surface area (Å²) in [4.78, 5) is 0. The smallest absolute Gasteiger partial charge is 0.0912 e. The lowest BCUT2D eigenvalue weighted by molar-refractivity contribution is 1.53. The topological polar surface area (TPSA) is 23.8 Å². The maximum atomic E-state index is 7.92. The van der Waals surface area contributed by atoms with Crippen LogP contribution in [0.3, 0.4) is 0 Å². The second kappa shape index (κ2) is 4.97. The van der Waals surface area contributed by atoms with Gasteiger partial charge in [-0.2, -0.15) is 5.26 Å². The molecule has 0 atom stereocenters. The zero-order valence-electron chi connectivity index (χ0n) is 4.26. The first-order valence-electron chi connectivity index (χ1n) is 2.09. The van der Waals surface area contributed by atoms with E-state index in [1.165, 1.54) is 6.08 Å². The molecule has 0 unspecified atom stereocenters. The van der Waals surface area contributed by atoms with Crippen LogP contribution in [0.1, 0.15) is 6.92 Å². The number of hydrogen-bond acceptors (Lipinski definition) is 1. The zero-order valence-corrected chi connectivity index (χ0v) is 4.26. The molecule has 0 saturated heterocycles. The monoisotopic (exact) mass is 93.1 g/mol. The summed E-state index contributed by atoms with van der Waals surface area (Å²) >= 11 is 0. The standard InChI is InChI=1S/C6H7N/c1-2-3-4-5-6-7/h2-5H,1H3/b3-2-,5-4+. The minimum Gasteiger partial charge on any atom is -0.193 e. The van der Waals surface area contributed by atoms with Crippen molar-refractivity contribution in [1.82, 2.24) is 0 Å². The van der Waals surface area contributed by atoms with Gasteiger partial charge in [0.25, 0.3) is 0 Å². The fourth-order valence-corrected chi connectivity index (χ4v) is 0.210. The Morgan fingerprint density at radius 1 is 1.43 bits per heavy atom. The van der Waals surface area contributed by atoms with Crippen molar-refractivity contribution in [3.63, 3.8) is 0 Å². The minimum absolute atomic E-state index is 1.43. The molecule has 0 heterocycles. The van der Waals surface area contributed by atoms with Crippen LogP contribution in [-0.4, -0.2) is 0 Å². The summed E-state index contributed by atoms with van der Waals surface area (Å²) in [6, 6.07) is 1.87. The lowest BCUT2D eigenvalue weighted by Gasteiger charge is -1.61. The molecule has 36 valence electrons. The van der Waals surface area contributed by atoms with Crippen molar-refractivity contribution in [3.05, 3.63) is 24.3 Å². The fourth-order valence-electron chi connectivity index (χ4n) is 0.210. The van der Waals surface area contributed by atoms with Crippen molar-refractivity contribution in [2.75, 3.05) is 0 Å². The lowest BCUT2D eigenvalue weighted by atomic mass is 10.5. The molecule has 0 rings (SSSR count). The predicted octanol–water partition coefficient (Wildman–Crippen LogP) is 1.64. The average molecular weight is 93.1 g/mol. The van der Waals surface area contributed by atoms with Gasteiger partial charge in [-0.3, -0.25) is 0 Å². The SMILES string of the molecule is C/C=C\C=C\C#N. The Labute approximate surface area is 43.6 Å². The van der Waals surface area contributed by atoms with Crippen LogP contribution in [0.4, 0.5) is 0 Å². The molecule has 7 heavy (non-hydrogen) atoms. The van der Waals surface area contributed by atoms with Gasteiger partial charge in [-0.1, -0.05) is 18.2 Å². The van der Waals surface area contributed by atoms with Crippen LogP contribution in [0.25, 0.3) is 0 Å². The highest BCUT2D eigenvalue weighted by molar-refractivity contribution is 5.10. The molecule has 0 saturated carbocycles. The molecule has 0 N–H and O–H groups in total. The molecular weight excluding hydrogens is 86.1 g/mol. The van der Waals surface area contributed by atoms with Crippen LogP contribution < -0.4 is 0 Å². The third kappa shape index (κ3) is 4.97. The van der Waals surface area contributed by atoms with Crippen molar-refractivity contribution in [2.24, 2.45) is 0 Å². The second-order valence-corrected chi connectivity index (χ2v) is 1.01. The summed E-state index contributed by atoms with van der Waals surface area (Å²) in [5.74, 6) is 0. The second-order valence-electron chi connectivity index (χ2n) is 1.01. The molecule has 0 fully saturated rings. The van der Waals surface area contributed by atoms with Gasteiger partial charge in [-0.15, -0.1) is 0 Å². The number of hydrogen-bond donors (Lipinski definition) is 0. The van der Waals surface area contributed by atoms with Crippen LogP contribution in [0, 0.1) is 11.3 Å². The molecule has 0 amide bonds. The number of allylic oxidation sites excluding steroid dienone is 4. The highest BCUT2D eigenvalue weighted by Gasteiger charge is 1.54. The molecule has 0 aromatic heterocycles. The van der Waals surface area contributed by atoms with E-state index in [9.17, 15) is 0 Å². The van der Waals surface area contributed by atoms with Gasteiger partial charge in [0.2, 0.25) is 0 Å². The third-order valence-electron chi connectivity index (χ3n) is 0.474. The Morgan fingerprint density at radius 3 is 2.57 bits per heavy atom. The van der Waals surface area contributed by atoms with E-state index in [0.717, 1.165) is 0 Å². The number of rotatable bonds is 1. The van der Waals surface area contributed by atoms with E-state index >= 15 is 0 Å². The Balaban J connectivity index is 3.33. The molecule has 0 aliphatic carbocycles. The normalized spacial score (nSPS) is 10.3. The summed E-state index contributed by atoms with van der Waals surface area (Å²) in [5.41, 5.74) is 0. The molecular formula is C6H7N. The van der Waals surface area contributed by atoms with E-state index in [1.54, 1.807) is 6.08 Å². The van der Waals surface area contributed by atoms with Gasteiger partial charge in [0.05, 0.1) is 6.07 Å². The highest BCUT2D eigenvalue weighted by atomic mass is 14.2. The van der Waals surface area contributed by atoms with E-state index < -0.39 is 0 Å². The maximum absolute atomic E-state index is 7.92. The van der Waals surface area contributed by atoms with E-state index in [0.29, 0.717) is 0 Å². The van der Waals surface area contributed by atoms with Crippen molar-refractivity contribution in [1.29, 1.82) is 5.26 Å². The first-order chi connectivity index (χ1) is 3.41. The Morgan fingerprint density at radius 2 is 2.14 bits per heavy atom. The Kier molecular flexibility index (Phi) is 4.24. The van der Waals surface area contributed by atoms with Crippen LogP contribution >= 0.6 is 0 Å². The van der Waals surface area contributed by atoms with Gasteiger partial charge in [-0.05, 0) is 6.92 Å². The Hall–Kier alpha value is -1.03. The number of nitrogens with zero attached hydrogens (tertiary/aromatic N) is 1. The largest absolute Gasteiger partial charge is 0.193 e. The van der Waals surface area contributed by atoms with Crippen molar-refractivity contribution < 1.29 is 0 Å². The van der Waals surface area contributed by atoms with E-state index in [1.807, 2.05) is 25.1 Å². The first-order valence-corrected chi connectivity index (χ1v) is 2.09. The van der Waals surface area contributed by atoms with Gasteiger partial charge >= 0.3 is 0 Å². The average Bonchev–Trinajstić information content (AvgIpc) is 1.69. The van der Waals surface area contributed by atoms with Gasteiger partial charge in [0, 0.05) is 6.08 Å². The van der Waals surface area contributed by atoms with Crippen molar-refractivity contribution in [2.45, 2.75) is 6.92 Å². The highest BCUT2D eigenvalue weighted by Crippen LogP contribution is 1.71. The molecule has 1 heteroatoms. The van der Waals surface area contributed by atoms with E-state index in [2.05, 4.69) is 0 Å². The van der Waals surface area contributed by atoms with E-state index in [4.69, 9.17) is 5.26 Å². The molecule has 0 bridgehead atoms. The van der Waals surface area contributed by atoms with Gasteiger partial charge in [-0.25, -0.2) is 0 Å². The summed E-state index contributed by atoms with van der Waals surface area (Å²) in [6.07, 6.45) is 6.80. The zero-order chi connectivity index (χ0) is 5.54. The van der Waals surface area contributed by atoms with Crippen molar-refractivity contribution >= 4 is 0 Å². The molecule has 0 aromatic rings. The summed E-state index contributed by atoms with van der Waals surface area (Å²) < 4.78 is 0. The van der Waals surface area contributed by atoms with Gasteiger partial charge in [0.1, 0.15) is 0 Å². The molecule has 0 radical (unpaired) electrons. The fraction of sp³-hybridized carbons (Fsp3) is 0.167. The van der Waals surface area contributed by atoms with Gasteiger partial charge in [0.15, 0.2) is 0 Å². The molecule has 0 aliphatic heterocycles. The third-order valence-corrected chi connectivity index (χ3v) is 0.474. The quantitative estimate of drug-likeness (QED) is 0.357. The molecule has 0 aliphatic rings. The van der Waals surface area contributed by atoms with Crippen LogP contribution in [-0.2, 0) is 0 Å². The lowest BCUT2D eigenvalue weighted by Crippen LogP contribution is -1.43. The summed E-state index contributed by atoms with van der Waals surface area (Å²) in [5, 5.41) is 7.92. The molecule has 1 nitrogen and oxygen atoms in total. The molecule has 0 spiro atoms. The minimum atomic E-state index is 1.43. The van der Waals surface area contributed by atoms with Crippen LogP contribution in [0.5, 0.6) is 0 Å². The summed E-state index contributed by atoms with van der Waals surface area (Å²) in [6.45, 7) is 1.90. The Bertz CT molecular complexity index is 115. The van der Waals surface area contributed by atoms with Gasteiger partial charge < -0.3 is 0 Å². The van der Waals surface area contributed by atoms with Crippen molar-refractivity contribution in [3.8, 4) is 6.07 Å². The van der Waals surface area contributed by atoms with Crippen LogP contribution in [0.15, 0.2) is 24.3 Å². The summed E-state index contributed by atoms with van der Waals surface area (Å²) in [7, 11) is 0.